The molecule has 0 fully saturated rings. The fourth-order valence-electron chi connectivity index (χ4n) is 2.67. The smallest absolute Gasteiger partial charge is 0.422 e. The average molecular weight is 404 g/mol. The summed E-state index contributed by atoms with van der Waals surface area (Å²) in [5.74, 6) is 1.40. The minimum absolute atomic E-state index is 0.160. The Bertz CT molecular complexity index is 1090. The van der Waals surface area contributed by atoms with Gasteiger partial charge in [-0.2, -0.15) is 13.2 Å². The number of hydrogen-bond acceptors (Lipinski definition) is 6. The van der Waals surface area contributed by atoms with Crippen LogP contribution >= 0.6 is 0 Å². The second kappa shape index (κ2) is 7.46. The third kappa shape index (κ3) is 4.31. The second-order valence-electron chi connectivity index (χ2n) is 6.16. The van der Waals surface area contributed by atoms with Crippen LogP contribution in [0.2, 0.25) is 0 Å². The first-order valence-corrected chi connectivity index (χ1v) is 8.56. The highest BCUT2D eigenvalue weighted by Crippen LogP contribution is 2.25. The molecule has 0 aliphatic rings. The summed E-state index contributed by atoms with van der Waals surface area (Å²) in [7, 11) is 1.53. The van der Waals surface area contributed by atoms with E-state index in [0.717, 1.165) is 5.52 Å². The van der Waals surface area contributed by atoms with Crippen molar-refractivity contribution in [2.45, 2.75) is 12.8 Å². The van der Waals surface area contributed by atoms with Gasteiger partial charge in [-0.05, 0) is 36.4 Å². The number of para-hydroxylation sites is 2. The maximum absolute atomic E-state index is 12.3. The molecule has 10 heteroatoms. The maximum atomic E-state index is 12.3. The molecule has 0 bridgehead atoms. The summed E-state index contributed by atoms with van der Waals surface area (Å²) in [6.07, 6.45) is -4.44. The number of oxazole rings is 1. The van der Waals surface area contributed by atoms with Crippen LogP contribution in [0.3, 0.4) is 0 Å². The zero-order valence-electron chi connectivity index (χ0n) is 15.2. The van der Waals surface area contributed by atoms with Crippen LogP contribution in [0.25, 0.3) is 22.5 Å². The molecule has 4 aromatic rings. The van der Waals surface area contributed by atoms with Crippen molar-refractivity contribution in [3.05, 3.63) is 54.4 Å². The van der Waals surface area contributed by atoms with E-state index in [4.69, 9.17) is 9.15 Å². The van der Waals surface area contributed by atoms with Gasteiger partial charge in [-0.3, -0.25) is 4.57 Å². The van der Waals surface area contributed by atoms with Gasteiger partial charge in [-0.1, -0.05) is 17.2 Å². The second-order valence-corrected chi connectivity index (χ2v) is 6.16. The lowest BCUT2D eigenvalue weighted by Gasteiger charge is -2.08. The van der Waals surface area contributed by atoms with Gasteiger partial charge in [-0.15, -0.1) is 5.10 Å². The molecule has 0 atom stereocenters. The van der Waals surface area contributed by atoms with E-state index in [1.165, 1.54) is 11.6 Å². The summed E-state index contributed by atoms with van der Waals surface area (Å²) in [5, 5.41) is 7.54. The summed E-state index contributed by atoms with van der Waals surface area (Å²) in [6.45, 7) is -1.27. The molecule has 4 rings (SSSR count). The Morgan fingerprint density at radius 1 is 1.00 bits per heavy atom. The molecular formula is C19H15F3N4O3. The third-order valence-electron chi connectivity index (χ3n) is 4.01. The highest BCUT2D eigenvalue weighted by atomic mass is 19.4. The average Bonchev–Trinajstić information content (AvgIpc) is 3.27. The Kier molecular flexibility index (Phi) is 4.83. The molecule has 0 radical (unpaired) electrons. The van der Waals surface area contributed by atoms with E-state index in [1.807, 2.05) is 24.3 Å². The van der Waals surface area contributed by atoms with Gasteiger partial charge in [0.1, 0.15) is 11.3 Å². The monoisotopic (exact) mass is 404 g/mol. The van der Waals surface area contributed by atoms with Gasteiger partial charge in [0.05, 0.1) is 0 Å². The number of fused-ring (bicyclic) bond motifs is 1. The van der Waals surface area contributed by atoms with Crippen molar-refractivity contribution < 1.29 is 27.1 Å². The normalized spacial score (nSPS) is 11.7. The minimum Gasteiger partial charge on any atom is -0.484 e. The first-order chi connectivity index (χ1) is 13.9. The van der Waals surface area contributed by atoms with Crippen LogP contribution in [0, 0.1) is 0 Å². The molecule has 2 heterocycles. The first-order valence-electron chi connectivity index (χ1n) is 8.56. The molecule has 0 spiro atoms. The lowest BCUT2D eigenvalue weighted by molar-refractivity contribution is -0.155. The number of hydrogen-bond donors (Lipinski definition) is 0. The van der Waals surface area contributed by atoms with Crippen molar-refractivity contribution in [1.82, 2.24) is 19.7 Å². The van der Waals surface area contributed by atoms with E-state index in [9.17, 15) is 13.2 Å². The molecule has 29 heavy (non-hydrogen) atoms. The highest BCUT2D eigenvalue weighted by molar-refractivity contribution is 5.72. The van der Waals surface area contributed by atoms with Crippen molar-refractivity contribution >= 4 is 11.1 Å². The van der Waals surface area contributed by atoms with Crippen molar-refractivity contribution in [2.75, 3.05) is 6.61 Å². The van der Waals surface area contributed by atoms with E-state index >= 15 is 0 Å². The van der Waals surface area contributed by atoms with Gasteiger partial charge < -0.3 is 13.9 Å². The summed E-state index contributed by atoms with van der Waals surface area (Å²) in [5.41, 5.74) is 2.09. The number of aromatic nitrogens is 4. The molecule has 0 unspecified atom stereocenters. The van der Waals surface area contributed by atoms with Crippen molar-refractivity contribution in [3.63, 3.8) is 0 Å². The summed E-state index contributed by atoms with van der Waals surface area (Å²) >= 11 is 0. The zero-order valence-corrected chi connectivity index (χ0v) is 15.2. The Balaban J connectivity index is 1.42. The summed E-state index contributed by atoms with van der Waals surface area (Å²) in [4.78, 5) is 4.33. The molecule has 0 saturated carbocycles. The Labute approximate surface area is 162 Å². The quantitative estimate of drug-likeness (QED) is 0.481. The van der Waals surface area contributed by atoms with Crippen LogP contribution in [-0.4, -0.2) is 32.5 Å². The lowest BCUT2D eigenvalue weighted by Crippen LogP contribution is -2.20. The maximum Gasteiger partial charge on any atom is 0.422 e. The van der Waals surface area contributed by atoms with Crippen LogP contribution < -0.4 is 9.47 Å². The van der Waals surface area contributed by atoms with Crippen LogP contribution in [-0.2, 0) is 13.7 Å². The summed E-state index contributed by atoms with van der Waals surface area (Å²) in [6, 6.07) is 14.1. The number of nitrogens with zero attached hydrogens (tertiary/aromatic N) is 4. The zero-order chi connectivity index (χ0) is 20.4. The minimum atomic E-state index is -4.44. The Morgan fingerprint density at radius 2 is 1.76 bits per heavy atom. The summed E-state index contributed by atoms with van der Waals surface area (Å²) < 4.78 is 54.2. The fourth-order valence-corrected chi connectivity index (χ4v) is 2.67. The van der Waals surface area contributed by atoms with Crippen LogP contribution in [0.1, 0.15) is 5.89 Å². The van der Waals surface area contributed by atoms with Crippen LogP contribution in [0.5, 0.6) is 11.8 Å². The van der Waals surface area contributed by atoms with Crippen molar-refractivity contribution in [1.29, 1.82) is 0 Å². The van der Waals surface area contributed by atoms with E-state index in [1.54, 1.807) is 24.3 Å². The predicted molar refractivity (Wildman–Crippen MR) is 96.3 cm³/mol. The Morgan fingerprint density at radius 3 is 2.48 bits per heavy atom. The molecular weight excluding hydrogens is 389 g/mol. The SMILES string of the molecule is Cn1c(OCC(F)(F)F)nnc1-c1ccc(OCc2nc3ccccc3o2)cc1. The number of halogens is 3. The molecule has 0 aliphatic heterocycles. The molecule has 150 valence electrons. The van der Waals surface area contributed by atoms with Crippen LogP contribution in [0.4, 0.5) is 13.2 Å². The van der Waals surface area contributed by atoms with Crippen molar-refractivity contribution in [3.8, 4) is 23.1 Å². The van der Waals surface area contributed by atoms with Gasteiger partial charge in [0.2, 0.25) is 5.89 Å². The standard InChI is InChI=1S/C19H15F3N4O3/c1-26-17(24-25-18(26)28-11-19(20,21)22)12-6-8-13(9-7-12)27-10-16-23-14-4-2-3-5-15(14)29-16/h2-9H,10-11H2,1H3. The van der Waals surface area contributed by atoms with Gasteiger partial charge in [0.25, 0.3) is 0 Å². The lowest BCUT2D eigenvalue weighted by atomic mass is 10.2. The van der Waals surface area contributed by atoms with E-state index in [0.29, 0.717) is 28.6 Å². The van der Waals surface area contributed by atoms with E-state index < -0.39 is 12.8 Å². The molecule has 0 aliphatic carbocycles. The van der Waals surface area contributed by atoms with Gasteiger partial charge >= 0.3 is 12.2 Å². The molecule has 2 aromatic carbocycles. The molecule has 0 N–H and O–H groups in total. The van der Waals surface area contributed by atoms with E-state index in [-0.39, 0.29) is 12.6 Å². The fraction of sp³-hybridized carbons (Fsp3) is 0.211. The number of ether oxygens (including phenoxy) is 2. The number of rotatable bonds is 6. The number of benzene rings is 2. The highest BCUT2D eigenvalue weighted by Gasteiger charge is 2.29. The topological polar surface area (TPSA) is 75.2 Å². The van der Waals surface area contributed by atoms with Gasteiger partial charge in [0, 0.05) is 12.6 Å². The molecule has 7 nitrogen and oxygen atoms in total. The molecule has 2 aromatic heterocycles. The largest absolute Gasteiger partial charge is 0.484 e. The molecule has 0 amide bonds. The molecule has 0 saturated heterocycles. The predicted octanol–water partition coefficient (Wildman–Crippen LogP) is 4.14. The van der Waals surface area contributed by atoms with Gasteiger partial charge in [0.15, 0.2) is 24.6 Å². The third-order valence-corrected chi connectivity index (χ3v) is 4.01. The van der Waals surface area contributed by atoms with Crippen molar-refractivity contribution in [2.24, 2.45) is 7.05 Å². The Hall–Kier alpha value is -3.56. The van der Waals surface area contributed by atoms with Crippen LogP contribution in [0.15, 0.2) is 52.9 Å². The van der Waals surface area contributed by atoms with Gasteiger partial charge in [-0.25, -0.2) is 4.98 Å². The van der Waals surface area contributed by atoms with E-state index in [2.05, 4.69) is 19.9 Å². The number of alkyl halides is 3. The first kappa shape index (κ1) is 18.8.